The number of nitrogens with one attached hydrogen (secondary N) is 2. The molecule has 0 spiro atoms. The third-order valence-corrected chi connectivity index (χ3v) is 5.30. The third kappa shape index (κ3) is 2.44. The summed E-state index contributed by atoms with van der Waals surface area (Å²) in [6.07, 6.45) is 7.11. The van der Waals surface area contributed by atoms with Crippen LogP contribution < -0.4 is 10.6 Å². The van der Waals surface area contributed by atoms with Gasteiger partial charge in [0.15, 0.2) is 0 Å². The predicted octanol–water partition coefficient (Wildman–Crippen LogP) is 2.61. The van der Waals surface area contributed by atoms with Crippen molar-refractivity contribution in [2.45, 2.75) is 45.2 Å². The Morgan fingerprint density at radius 2 is 2.11 bits per heavy atom. The topological polar surface area (TPSA) is 24.1 Å². The lowest BCUT2D eigenvalue weighted by Gasteiger charge is -2.19. The van der Waals surface area contributed by atoms with Crippen LogP contribution in [-0.4, -0.2) is 13.1 Å². The molecule has 2 nitrogen and oxygen atoms in total. The van der Waals surface area contributed by atoms with Gasteiger partial charge in [-0.1, -0.05) is 18.2 Å². The molecule has 2 fully saturated rings. The molecule has 0 radical (unpaired) electrons. The van der Waals surface area contributed by atoms with Gasteiger partial charge in [-0.15, -0.1) is 0 Å². The van der Waals surface area contributed by atoms with E-state index >= 15 is 0 Å². The molecule has 1 aliphatic heterocycles. The fourth-order valence-electron chi connectivity index (χ4n) is 3.69. The van der Waals surface area contributed by atoms with Crippen LogP contribution in [0.25, 0.3) is 0 Å². The molecule has 3 aliphatic rings. The average Bonchev–Trinajstić information content (AvgIpc) is 3.31. The minimum Gasteiger partial charge on any atom is -0.312 e. The Hall–Kier alpha value is -0.860. The highest BCUT2D eigenvalue weighted by Gasteiger charge is 2.53. The fraction of sp³-hybridized carbons (Fsp3) is 0.647. The molecule has 0 saturated heterocycles. The summed E-state index contributed by atoms with van der Waals surface area (Å²) in [6.45, 7) is 4.47. The highest BCUT2D eigenvalue weighted by atomic mass is 14.9. The summed E-state index contributed by atoms with van der Waals surface area (Å²) < 4.78 is 0. The Labute approximate surface area is 116 Å². The van der Waals surface area contributed by atoms with Gasteiger partial charge >= 0.3 is 0 Å². The minimum atomic E-state index is 0.718. The molecule has 1 aromatic rings. The SMILES string of the molecule is c1cc2c(cc1CNCC1(C3CC3)CC1)CNCC2. The summed E-state index contributed by atoms with van der Waals surface area (Å²) in [7, 11) is 0. The van der Waals surface area contributed by atoms with Gasteiger partial charge in [0.1, 0.15) is 0 Å². The number of hydrogen-bond donors (Lipinski definition) is 2. The van der Waals surface area contributed by atoms with Gasteiger partial charge in [0.25, 0.3) is 0 Å². The van der Waals surface area contributed by atoms with E-state index in [2.05, 4.69) is 28.8 Å². The first kappa shape index (κ1) is 11.9. The predicted molar refractivity (Wildman–Crippen MR) is 78.0 cm³/mol. The van der Waals surface area contributed by atoms with Gasteiger partial charge in [0, 0.05) is 19.6 Å². The van der Waals surface area contributed by atoms with Crippen LogP contribution in [-0.2, 0) is 19.5 Å². The molecule has 2 saturated carbocycles. The summed E-state index contributed by atoms with van der Waals surface area (Å²) in [5, 5.41) is 7.17. The molecular weight excluding hydrogens is 232 g/mol. The van der Waals surface area contributed by atoms with Crippen LogP contribution in [0.5, 0.6) is 0 Å². The molecule has 0 atom stereocenters. The molecule has 4 rings (SSSR count). The minimum absolute atomic E-state index is 0.718. The first-order chi connectivity index (χ1) is 9.36. The zero-order chi connectivity index (χ0) is 12.7. The largest absolute Gasteiger partial charge is 0.312 e. The summed E-state index contributed by atoms with van der Waals surface area (Å²) in [4.78, 5) is 0. The van der Waals surface area contributed by atoms with E-state index in [0.29, 0.717) is 0 Å². The van der Waals surface area contributed by atoms with Gasteiger partial charge < -0.3 is 10.6 Å². The van der Waals surface area contributed by atoms with E-state index < -0.39 is 0 Å². The monoisotopic (exact) mass is 256 g/mol. The van der Waals surface area contributed by atoms with Crippen molar-refractivity contribution in [3.05, 3.63) is 34.9 Å². The third-order valence-electron chi connectivity index (χ3n) is 5.30. The molecule has 2 N–H and O–H groups in total. The van der Waals surface area contributed by atoms with E-state index in [1.807, 2.05) is 0 Å². The fourth-order valence-corrected chi connectivity index (χ4v) is 3.69. The molecule has 0 unspecified atom stereocenters. The normalized spacial score (nSPS) is 24.0. The van der Waals surface area contributed by atoms with Crippen LogP contribution in [0.3, 0.4) is 0 Å². The second-order valence-corrected chi connectivity index (χ2v) is 6.77. The highest BCUT2D eigenvalue weighted by Crippen LogP contribution is 2.60. The Morgan fingerprint density at radius 3 is 2.89 bits per heavy atom. The quantitative estimate of drug-likeness (QED) is 0.846. The van der Waals surface area contributed by atoms with E-state index in [1.165, 1.54) is 49.8 Å². The average molecular weight is 256 g/mol. The first-order valence-electron chi connectivity index (χ1n) is 7.88. The zero-order valence-corrected chi connectivity index (χ0v) is 11.7. The van der Waals surface area contributed by atoms with Crippen LogP contribution in [0.4, 0.5) is 0 Å². The lowest BCUT2D eigenvalue weighted by Crippen LogP contribution is -2.26. The van der Waals surface area contributed by atoms with Crippen molar-refractivity contribution in [1.82, 2.24) is 10.6 Å². The van der Waals surface area contributed by atoms with Crippen molar-refractivity contribution in [2.24, 2.45) is 11.3 Å². The van der Waals surface area contributed by atoms with Crippen molar-refractivity contribution >= 4 is 0 Å². The summed E-state index contributed by atoms with van der Waals surface area (Å²) >= 11 is 0. The standard InChI is InChI=1S/C17H24N2/c1-2-14-5-8-18-11-15(14)9-13(1)10-19-12-17(6-7-17)16-3-4-16/h1-2,9,16,18-19H,3-8,10-12H2. The Bertz CT molecular complexity index is 472. The maximum Gasteiger partial charge on any atom is 0.0208 e. The van der Waals surface area contributed by atoms with E-state index in [1.54, 1.807) is 5.56 Å². The second kappa shape index (κ2) is 4.60. The summed E-state index contributed by atoms with van der Waals surface area (Å²) in [5.41, 5.74) is 5.22. The van der Waals surface area contributed by atoms with Crippen LogP contribution in [0.1, 0.15) is 42.4 Å². The molecule has 2 aliphatic carbocycles. The van der Waals surface area contributed by atoms with Gasteiger partial charge in [-0.3, -0.25) is 0 Å². The smallest absolute Gasteiger partial charge is 0.0208 e. The number of hydrogen-bond acceptors (Lipinski definition) is 2. The van der Waals surface area contributed by atoms with Crippen LogP contribution in [0, 0.1) is 11.3 Å². The molecule has 1 aromatic carbocycles. The molecule has 0 bridgehead atoms. The van der Waals surface area contributed by atoms with Crippen molar-refractivity contribution in [1.29, 1.82) is 0 Å². The van der Waals surface area contributed by atoms with Crippen LogP contribution in [0.2, 0.25) is 0 Å². The van der Waals surface area contributed by atoms with Crippen molar-refractivity contribution in [2.75, 3.05) is 13.1 Å². The molecule has 1 heterocycles. The van der Waals surface area contributed by atoms with Gasteiger partial charge in [-0.2, -0.15) is 0 Å². The second-order valence-electron chi connectivity index (χ2n) is 6.77. The van der Waals surface area contributed by atoms with Gasteiger partial charge in [-0.05, 0) is 66.7 Å². The molecule has 0 amide bonds. The molecule has 102 valence electrons. The van der Waals surface area contributed by atoms with Crippen LogP contribution in [0.15, 0.2) is 18.2 Å². The first-order valence-corrected chi connectivity index (χ1v) is 7.88. The van der Waals surface area contributed by atoms with Gasteiger partial charge in [0.05, 0.1) is 0 Å². The number of benzene rings is 1. The van der Waals surface area contributed by atoms with Crippen molar-refractivity contribution in [3.63, 3.8) is 0 Å². The maximum atomic E-state index is 3.71. The van der Waals surface area contributed by atoms with E-state index in [4.69, 9.17) is 0 Å². The Kier molecular flexibility index (Phi) is 2.89. The number of fused-ring (bicyclic) bond motifs is 1. The maximum absolute atomic E-state index is 3.71. The van der Waals surface area contributed by atoms with Gasteiger partial charge in [0.2, 0.25) is 0 Å². The number of rotatable bonds is 5. The van der Waals surface area contributed by atoms with Crippen molar-refractivity contribution in [3.8, 4) is 0 Å². The molecule has 19 heavy (non-hydrogen) atoms. The van der Waals surface area contributed by atoms with Crippen LogP contribution >= 0.6 is 0 Å². The molecular formula is C17H24N2. The summed E-state index contributed by atoms with van der Waals surface area (Å²) in [5.74, 6) is 1.06. The molecule has 0 aromatic heterocycles. The van der Waals surface area contributed by atoms with E-state index in [-0.39, 0.29) is 0 Å². The van der Waals surface area contributed by atoms with Gasteiger partial charge in [-0.25, -0.2) is 0 Å². The highest BCUT2D eigenvalue weighted by molar-refractivity contribution is 5.33. The Balaban J connectivity index is 1.35. The van der Waals surface area contributed by atoms with E-state index in [9.17, 15) is 0 Å². The summed E-state index contributed by atoms with van der Waals surface area (Å²) in [6, 6.07) is 7.04. The van der Waals surface area contributed by atoms with Crippen molar-refractivity contribution < 1.29 is 0 Å². The zero-order valence-electron chi connectivity index (χ0n) is 11.7. The lowest BCUT2D eigenvalue weighted by atomic mass is 9.98. The Morgan fingerprint density at radius 1 is 1.21 bits per heavy atom. The molecule has 2 heteroatoms. The lowest BCUT2D eigenvalue weighted by molar-refractivity contribution is 0.403. The van der Waals surface area contributed by atoms with E-state index in [0.717, 1.165) is 31.0 Å².